The molecule has 6 nitrogen and oxygen atoms in total. The molecule has 21 heavy (non-hydrogen) atoms. The lowest BCUT2D eigenvalue weighted by Gasteiger charge is -2.22. The fourth-order valence-corrected chi connectivity index (χ4v) is 2.92. The van der Waals surface area contributed by atoms with Crippen LogP contribution in [0.3, 0.4) is 0 Å². The van der Waals surface area contributed by atoms with E-state index in [9.17, 15) is 8.42 Å². The Bertz CT molecular complexity index is 629. The summed E-state index contributed by atoms with van der Waals surface area (Å²) in [4.78, 5) is 2.00. The van der Waals surface area contributed by atoms with E-state index in [4.69, 9.17) is 18.0 Å². The van der Waals surface area contributed by atoms with Crippen LogP contribution < -0.4 is 10.6 Å². The molecule has 0 atom stereocenters. The molecule has 1 aromatic heterocycles. The highest BCUT2D eigenvalue weighted by Crippen LogP contribution is 2.23. The van der Waals surface area contributed by atoms with Crippen molar-refractivity contribution in [3.63, 3.8) is 0 Å². The standard InChI is InChI=1S/C13H22N4O2S2/c1-5-9-10(6-2)15-16-13(11(9)12(14)20)17(3)7-8-21(4,18)19/h5-8H2,1-4H3,(H2,14,20). The molecule has 0 bridgehead atoms. The second-order valence-electron chi connectivity index (χ2n) is 4.95. The van der Waals surface area contributed by atoms with Crippen LogP contribution in [0.2, 0.25) is 0 Å². The van der Waals surface area contributed by atoms with E-state index >= 15 is 0 Å². The predicted molar refractivity (Wildman–Crippen MR) is 89.7 cm³/mol. The van der Waals surface area contributed by atoms with Crippen LogP contribution in [-0.2, 0) is 22.7 Å². The van der Waals surface area contributed by atoms with Gasteiger partial charge in [0, 0.05) is 19.8 Å². The number of thiocarbonyl (C=S) groups is 1. The Hall–Kier alpha value is -1.28. The molecule has 118 valence electrons. The number of anilines is 1. The smallest absolute Gasteiger partial charge is 0.161 e. The van der Waals surface area contributed by atoms with Crippen molar-refractivity contribution in [1.82, 2.24) is 10.2 Å². The molecule has 0 fully saturated rings. The number of rotatable bonds is 7. The maximum Gasteiger partial charge on any atom is 0.161 e. The van der Waals surface area contributed by atoms with Gasteiger partial charge in [-0.05, 0) is 18.4 Å². The van der Waals surface area contributed by atoms with Crippen molar-refractivity contribution in [3.05, 3.63) is 16.8 Å². The van der Waals surface area contributed by atoms with Crippen LogP contribution in [-0.4, -0.2) is 49.2 Å². The van der Waals surface area contributed by atoms with E-state index in [2.05, 4.69) is 10.2 Å². The van der Waals surface area contributed by atoms with Gasteiger partial charge in [0.2, 0.25) is 0 Å². The summed E-state index contributed by atoms with van der Waals surface area (Å²) < 4.78 is 22.6. The molecule has 0 spiro atoms. The molecule has 0 saturated heterocycles. The molecular formula is C13H22N4O2S2. The zero-order chi connectivity index (χ0) is 16.2. The Morgan fingerprint density at radius 2 is 1.90 bits per heavy atom. The highest BCUT2D eigenvalue weighted by molar-refractivity contribution is 7.90. The second-order valence-corrected chi connectivity index (χ2v) is 7.65. The molecule has 1 rings (SSSR count). The molecule has 0 amide bonds. The lowest BCUT2D eigenvalue weighted by atomic mass is 10.0. The van der Waals surface area contributed by atoms with Gasteiger partial charge in [0.25, 0.3) is 0 Å². The molecule has 0 aliphatic rings. The van der Waals surface area contributed by atoms with E-state index < -0.39 is 9.84 Å². The second kappa shape index (κ2) is 7.13. The van der Waals surface area contributed by atoms with E-state index in [1.54, 1.807) is 11.9 Å². The first-order valence-electron chi connectivity index (χ1n) is 6.78. The number of sulfone groups is 1. The molecule has 0 saturated carbocycles. The van der Waals surface area contributed by atoms with Gasteiger partial charge in [-0.25, -0.2) is 8.42 Å². The summed E-state index contributed by atoms with van der Waals surface area (Å²) >= 11 is 5.15. The number of nitrogens with zero attached hydrogens (tertiary/aromatic N) is 3. The predicted octanol–water partition coefficient (Wildman–Crippen LogP) is 0.716. The summed E-state index contributed by atoms with van der Waals surface area (Å²) in [6.07, 6.45) is 2.70. The van der Waals surface area contributed by atoms with Crippen molar-refractivity contribution in [2.24, 2.45) is 5.73 Å². The lowest BCUT2D eigenvalue weighted by Crippen LogP contribution is -2.30. The number of aryl methyl sites for hydroxylation is 1. The van der Waals surface area contributed by atoms with Crippen molar-refractivity contribution >= 4 is 32.9 Å². The van der Waals surface area contributed by atoms with Crippen LogP contribution in [0.15, 0.2) is 0 Å². The summed E-state index contributed by atoms with van der Waals surface area (Å²) in [7, 11) is -1.28. The Labute approximate surface area is 131 Å². The zero-order valence-corrected chi connectivity index (χ0v) is 14.5. The van der Waals surface area contributed by atoms with Crippen molar-refractivity contribution in [3.8, 4) is 0 Å². The average molecular weight is 330 g/mol. The van der Waals surface area contributed by atoms with Gasteiger partial charge in [-0.1, -0.05) is 26.1 Å². The van der Waals surface area contributed by atoms with Crippen molar-refractivity contribution in [1.29, 1.82) is 0 Å². The largest absolute Gasteiger partial charge is 0.389 e. The maximum absolute atomic E-state index is 11.3. The quantitative estimate of drug-likeness (QED) is 0.737. The fourth-order valence-electron chi connectivity index (χ4n) is 2.10. The molecule has 0 aromatic carbocycles. The molecule has 0 aliphatic heterocycles. The number of hydrogen-bond acceptors (Lipinski definition) is 6. The normalized spacial score (nSPS) is 11.4. The van der Waals surface area contributed by atoms with Crippen LogP contribution in [0.5, 0.6) is 0 Å². The first-order chi connectivity index (χ1) is 9.71. The molecule has 1 aromatic rings. The van der Waals surface area contributed by atoms with E-state index in [1.165, 1.54) is 6.26 Å². The summed E-state index contributed by atoms with van der Waals surface area (Å²) in [5.41, 5.74) is 8.42. The van der Waals surface area contributed by atoms with Gasteiger partial charge in [-0.15, -0.1) is 5.10 Å². The van der Waals surface area contributed by atoms with Gasteiger partial charge in [0.1, 0.15) is 14.8 Å². The minimum atomic E-state index is -3.04. The van der Waals surface area contributed by atoms with E-state index in [0.717, 1.165) is 24.1 Å². The van der Waals surface area contributed by atoms with Gasteiger partial charge in [-0.2, -0.15) is 5.10 Å². The van der Waals surface area contributed by atoms with E-state index in [0.29, 0.717) is 17.9 Å². The topological polar surface area (TPSA) is 89.2 Å². The SMILES string of the molecule is CCc1nnc(N(C)CCS(C)(=O)=O)c(C(N)=S)c1CC. The van der Waals surface area contributed by atoms with Crippen LogP contribution in [0.4, 0.5) is 5.82 Å². The summed E-state index contributed by atoms with van der Waals surface area (Å²) in [5.74, 6) is 0.582. The summed E-state index contributed by atoms with van der Waals surface area (Å²) in [5, 5.41) is 8.41. The van der Waals surface area contributed by atoms with E-state index in [1.807, 2.05) is 13.8 Å². The van der Waals surface area contributed by atoms with Crippen LogP contribution in [0, 0.1) is 0 Å². The lowest BCUT2D eigenvalue weighted by molar-refractivity contribution is 0.601. The molecule has 8 heteroatoms. The van der Waals surface area contributed by atoms with Crippen LogP contribution in [0.25, 0.3) is 0 Å². The average Bonchev–Trinajstić information content (AvgIpc) is 2.41. The first-order valence-corrected chi connectivity index (χ1v) is 9.25. The molecule has 2 N–H and O–H groups in total. The highest BCUT2D eigenvalue weighted by atomic mass is 32.2. The van der Waals surface area contributed by atoms with Crippen LogP contribution in [0.1, 0.15) is 30.7 Å². The van der Waals surface area contributed by atoms with Gasteiger partial charge in [0.05, 0.1) is 17.0 Å². The summed E-state index contributed by atoms with van der Waals surface area (Å²) in [6, 6.07) is 0. The van der Waals surface area contributed by atoms with Crippen molar-refractivity contribution in [2.45, 2.75) is 26.7 Å². The number of aromatic nitrogens is 2. The summed E-state index contributed by atoms with van der Waals surface area (Å²) in [6.45, 7) is 4.33. The molecule has 1 heterocycles. The van der Waals surface area contributed by atoms with Gasteiger partial charge in [-0.3, -0.25) is 0 Å². The first kappa shape index (κ1) is 17.8. The Morgan fingerprint density at radius 1 is 1.29 bits per heavy atom. The van der Waals surface area contributed by atoms with Gasteiger partial charge >= 0.3 is 0 Å². The Morgan fingerprint density at radius 3 is 2.33 bits per heavy atom. The minimum Gasteiger partial charge on any atom is -0.389 e. The third kappa shape index (κ3) is 4.60. The van der Waals surface area contributed by atoms with Gasteiger partial charge in [0.15, 0.2) is 5.82 Å². The molecule has 0 unspecified atom stereocenters. The fraction of sp³-hybridized carbons (Fsp3) is 0.615. The molecule has 0 radical (unpaired) electrons. The molecular weight excluding hydrogens is 308 g/mol. The van der Waals surface area contributed by atoms with Crippen molar-refractivity contribution in [2.75, 3.05) is 30.5 Å². The number of hydrogen-bond donors (Lipinski definition) is 1. The van der Waals surface area contributed by atoms with Crippen molar-refractivity contribution < 1.29 is 8.42 Å². The maximum atomic E-state index is 11.3. The van der Waals surface area contributed by atoms with Gasteiger partial charge < -0.3 is 10.6 Å². The zero-order valence-electron chi connectivity index (χ0n) is 12.9. The van der Waals surface area contributed by atoms with E-state index in [-0.39, 0.29) is 10.7 Å². The van der Waals surface area contributed by atoms with Crippen LogP contribution >= 0.6 is 12.2 Å². The highest BCUT2D eigenvalue weighted by Gasteiger charge is 2.19. The Balaban J connectivity index is 3.26. The monoisotopic (exact) mass is 330 g/mol. The molecule has 0 aliphatic carbocycles. The number of nitrogens with two attached hydrogens (primary N) is 1. The Kier molecular flexibility index (Phi) is 6.03. The third-order valence-electron chi connectivity index (χ3n) is 3.23. The minimum absolute atomic E-state index is 0.0406. The third-order valence-corrected chi connectivity index (χ3v) is 4.36.